The molecule has 1 amide bonds. The van der Waals surface area contributed by atoms with Crippen LogP contribution < -0.4 is 5.32 Å². The van der Waals surface area contributed by atoms with Crippen LogP contribution in [0.25, 0.3) is 0 Å². The zero-order valence-electron chi connectivity index (χ0n) is 12.4. The molecule has 2 N–H and O–H groups in total. The van der Waals surface area contributed by atoms with Gasteiger partial charge in [-0.3, -0.25) is 4.79 Å². The SMILES string of the molecule is Cc1cc(C)c(S(=O)(=O)CC(=O)NC(C)C)cc1C(=O)O. The highest BCUT2D eigenvalue weighted by molar-refractivity contribution is 7.92. The molecule has 0 aromatic heterocycles. The summed E-state index contributed by atoms with van der Waals surface area (Å²) in [7, 11) is -3.88. The molecule has 0 unspecified atom stereocenters. The molecule has 0 heterocycles. The predicted molar refractivity (Wildman–Crippen MR) is 78.2 cm³/mol. The number of carbonyl (C=O) groups excluding carboxylic acids is 1. The van der Waals surface area contributed by atoms with Crippen LogP contribution in [-0.2, 0) is 14.6 Å². The van der Waals surface area contributed by atoms with Crippen LogP contribution in [0, 0.1) is 13.8 Å². The third-order valence-electron chi connectivity index (χ3n) is 2.86. The summed E-state index contributed by atoms with van der Waals surface area (Å²) in [5.74, 6) is -2.51. The van der Waals surface area contributed by atoms with Crippen LogP contribution in [-0.4, -0.2) is 37.2 Å². The van der Waals surface area contributed by atoms with Crippen LogP contribution in [0.3, 0.4) is 0 Å². The molecule has 7 heteroatoms. The van der Waals surface area contributed by atoms with Crippen molar-refractivity contribution in [3.05, 3.63) is 28.8 Å². The number of amides is 1. The number of nitrogens with one attached hydrogen (secondary N) is 1. The van der Waals surface area contributed by atoms with Crippen molar-refractivity contribution < 1.29 is 23.1 Å². The molecule has 1 aromatic carbocycles. The van der Waals surface area contributed by atoms with E-state index in [0.29, 0.717) is 11.1 Å². The van der Waals surface area contributed by atoms with Crippen molar-refractivity contribution in [3.63, 3.8) is 0 Å². The van der Waals surface area contributed by atoms with E-state index in [1.54, 1.807) is 27.7 Å². The largest absolute Gasteiger partial charge is 0.478 e. The Morgan fingerprint density at radius 1 is 1.19 bits per heavy atom. The Hall–Kier alpha value is -1.89. The zero-order valence-corrected chi connectivity index (χ0v) is 13.2. The number of aryl methyl sites for hydroxylation is 2. The molecule has 0 bridgehead atoms. The summed E-state index contributed by atoms with van der Waals surface area (Å²) >= 11 is 0. The van der Waals surface area contributed by atoms with Crippen LogP contribution in [0.5, 0.6) is 0 Å². The van der Waals surface area contributed by atoms with Gasteiger partial charge in [-0.1, -0.05) is 6.07 Å². The first kappa shape index (κ1) is 17.2. The van der Waals surface area contributed by atoms with Crippen molar-refractivity contribution >= 4 is 21.7 Å². The maximum Gasteiger partial charge on any atom is 0.335 e. The van der Waals surface area contributed by atoms with Gasteiger partial charge in [-0.15, -0.1) is 0 Å². The van der Waals surface area contributed by atoms with E-state index in [0.717, 1.165) is 6.07 Å². The number of benzene rings is 1. The van der Waals surface area contributed by atoms with Crippen molar-refractivity contribution in [2.75, 3.05) is 5.75 Å². The maximum atomic E-state index is 12.3. The second-order valence-electron chi connectivity index (χ2n) is 5.22. The van der Waals surface area contributed by atoms with E-state index < -0.39 is 27.5 Å². The van der Waals surface area contributed by atoms with Gasteiger partial charge in [0.25, 0.3) is 0 Å². The van der Waals surface area contributed by atoms with E-state index in [1.807, 2.05) is 0 Å². The van der Waals surface area contributed by atoms with Crippen molar-refractivity contribution in [3.8, 4) is 0 Å². The summed E-state index contributed by atoms with van der Waals surface area (Å²) in [6.45, 7) is 6.62. The maximum absolute atomic E-state index is 12.3. The van der Waals surface area contributed by atoms with E-state index in [2.05, 4.69) is 5.32 Å². The molecular formula is C14H19NO5S. The zero-order chi connectivity index (χ0) is 16.4. The van der Waals surface area contributed by atoms with Gasteiger partial charge < -0.3 is 10.4 Å². The first-order valence-electron chi connectivity index (χ1n) is 6.41. The average molecular weight is 313 g/mol. The normalized spacial score (nSPS) is 11.5. The molecule has 21 heavy (non-hydrogen) atoms. The fourth-order valence-electron chi connectivity index (χ4n) is 2.01. The molecule has 116 valence electrons. The average Bonchev–Trinajstić information content (AvgIpc) is 2.25. The van der Waals surface area contributed by atoms with Gasteiger partial charge >= 0.3 is 5.97 Å². The Bertz CT molecular complexity index is 677. The molecule has 1 aromatic rings. The number of sulfone groups is 1. The molecule has 6 nitrogen and oxygen atoms in total. The van der Waals surface area contributed by atoms with Gasteiger partial charge in [0, 0.05) is 6.04 Å². The lowest BCUT2D eigenvalue weighted by Gasteiger charge is -2.12. The van der Waals surface area contributed by atoms with Gasteiger partial charge in [0.05, 0.1) is 10.5 Å². The van der Waals surface area contributed by atoms with E-state index in [4.69, 9.17) is 5.11 Å². The van der Waals surface area contributed by atoms with Gasteiger partial charge in [-0.05, 0) is 44.9 Å². The molecule has 0 aliphatic rings. The monoisotopic (exact) mass is 313 g/mol. The molecule has 0 fully saturated rings. The smallest absolute Gasteiger partial charge is 0.335 e. The van der Waals surface area contributed by atoms with Crippen molar-refractivity contribution in [1.82, 2.24) is 5.32 Å². The van der Waals surface area contributed by atoms with Crippen LogP contribution in [0.15, 0.2) is 17.0 Å². The highest BCUT2D eigenvalue weighted by atomic mass is 32.2. The van der Waals surface area contributed by atoms with E-state index in [1.165, 1.54) is 6.07 Å². The van der Waals surface area contributed by atoms with Crippen LogP contribution in [0.2, 0.25) is 0 Å². The van der Waals surface area contributed by atoms with Crippen LogP contribution in [0.4, 0.5) is 0 Å². The fourth-order valence-corrected chi connectivity index (χ4v) is 3.44. The Morgan fingerprint density at radius 3 is 2.24 bits per heavy atom. The Labute approximate surface area is 124 Å². The first-order valence-corrected chi connectivity index (χ1v) is 8.06. The number of carboxylic acids is 1. The van der Waals surface area contributed by atoms with Crippen LogP contribution in [0.1, 0.15) is 35.3 Å². The third kappa shape index (κ3) is 4.29. The van der Waals surface area contributed by atoms with Crippen LogP contribution >= 0.6 is 0 Å². The molecular weight excluding hydrogens is 294 g/mol. The number of hydrogen-bond donors (Lipinski definition) is 2. The Balaban J connectivity index is 3.23. The van der Waals surface area contributed by atoms with Gasteiger partial charge in [0.1, 0.15) is 5.75 Å². The van der Waals surface area contributed by atoms with E-state index in [-0.39, 0.29) is 16.5 Å². The van der Waals surface area contributed by atoms with Gasteiger partial charge in [-0.2, -0.15) is 0 Å². The lowest BCUT2D eigenvalue weighted by molar-refractivity contribution is -0.119. The molecule has 0 radical (unpaired) electrons. The first-order chi connectivity index (χ1) is 9.54. The van der Waals surface area contributed by atoms with Crippen molar-refractivity contribution in [2.24, 2.45) is 0 Å². The quantitative estimate of drug-likeness (QED) is 0.853. The summed E-state index contributed by atoms with van der Waals surface area (Å²) in [6, 6.07) is 2.45. The predicted octanol–water partition coefficient (Wildman–Crippen LogP) is 1.30. The van der Waals surface area contributed by atoms with E-state index in [9.17, 15) is 18.0 Å². The van der Waals surface area contributed by atoms with Gasteiger partial charge in [-0.25, -0.2) is 13.2 Å². The molecule has 0 saturated carbocycles. The van der Waals surface area contributed by atoms with Gasteiger partial charge in [0.15, 0.2) is 9.84 Å². The molecule has 0 spiro atoms. The minimum absolute atomic E-state index is 0.0801. The van der Waals surface area contributed by atoms with Crippen molar-refractivity contribution in [2.45, 2.75) is 38.6 Å². The Kier molecular flexibility index (Phi) is 5.11. The standard InChI is InChI=1S/C14H19NO5S/c1-8(2)15-13(16)7-21(19,20)12-6-11(14(17)18)9(3)5-10(12)4/h5-6,8H,7H2,1-4H3,(H,15,16)(H,17,18). The summed E-state index contributed by atoms with van der Waals surface area (Å²) < 4.78 is 24.6. The summed E-state index contributed by atoms with van der Waals surface area (Å²) in [4.78, 5) is 22.6. The summed E-state index contributed by atoms with van der Waals surface area (Å²) in [6.07, 6.45) is 0. The minimum atomic E-state index is -3.88. The summed E-state index contributed by atoms with van der Waals surface area (Å²) in [5, 5.41) is 11.6. The number of rotatable bonds is 5. The lowest BCUT2D eigenvalue weighted by atomic mass is 10.1. The Morgan fingerprint density at radius 2 is 1.76 bits per heavy atom. The second-order valence-corrected chi connectivity index (χ2v) is 7.18. The highest BCUT2D eigenvalue weighted by Crippen LogP contribution is 2.21. The van der Waals surface area contributed by atoms with E-state index >= 15 is 0 Å². The topological polar surface area (TPSA) is 101 Å². The number of hydrogen-bond acceptors (Lipinski definition) is 4. The molecule has 1 rings (SSSR count). The number of carboxylic acid groups (broad SMARTS) is 1. The lowest BCUT2D eigenvalue weighted by Crippen LogP contribution is -2.35. The molecule has 0 aliphatic carbocycles. The molecule has 0 atom stereocenters. The second kappa shape index (κ2) is 6.26. The molecule has 0 saturated heterocycles. The fraction of sp³-hybridized carbons (Fsp3) is 0.429. The minimum Gasteiger partial charge on any atom is -0.478 e. The van der Waals surface area contributed by atoms with Crippen molar-refractivity contribution in [1.29, 1.82) is 0 Å². The number of aromatic carboxylic acids is 1. The third-order valence-corrected chi connectivity index (χ3v) is 4.61. The number of carbonyl (C=O) groups is 2. The van der Waals surface area contributed by atoms with Gasteiger partial charge in [0.2, 0.25) is 5.91 Å². The summed E-state index contributed by atoms with van der Waals surface area (Å²) in [5.41, 5.74) is 0.823. The highest BCUT2D eigenvalue weighted by Gasteiger charge is 2.24. The molecule has 0 aliphatic heterocycles.